The number of nitrogens with one attached hydrogen (secondary N) is 3. The molecule has 0 saturated carbocycles. The quantitative estimate of drug-likeness (QED) is 0.474. The van der Waals surface area contributed by atoms with E-state index in [1.54, 1.807) is 32.6 Å². The van der Waals surface area contributed by atoms with E-state index in [2.05, 4.69) is 16.0 Å². The molecule has 9 nitrogen and oxygen atoms in total. The number of alkyl carbamates (subject to hydrolysis) is 1. The molecule has 210 valence electrons. The number of amides is 4. The van der Waals surface area contributed by atoms with E-state index >= 15 is 0 Å². The van der Waals surface area contributed by atoms with Crippen molar-refractivity contribution in [2.45, 2.75) is 71.6 Å². The number of carbonyl (C=O) groups excluding carboxylic acids is 4. The maximum atomic E-state index is 13.4. The molecule has 3 N–H and O–H groups in total. The minimum Gasteiger partial charge on any atom is -0.444 e. The van der Waals surface area contributed by atoms with E-state index < -0.39 is 23.8 Å². The minimum atomic E-state index is -0.793. The van der Waals surface area contributed by atoms with Gasteiger partial charge in [-0.25, -0.2) is 4.79 Å². The lowest BCUT2D eigenvalue weighted by atomic mass is 9.94. The molecule has 1 fully saturated rings. The molecular weight excluding hydrogens is 496 g/mol. The number of ether oxygens (including phenoxy) is 1. The summed E-state index contributed by atoms with van der Waals surface area (Å²) < 4.78 is 5.38. The topological polar surface area (TPSA) is 117 Å². The Morgan fingerprint density at radius 2 is 1.56 bits per heavy atom. The van der Waals surface area contributed by atoms with Crippen LogP contribution in [0.3, 0.4) is 0 Å². The van der Waals surface area contributed by atoms with E-state index in [1.165, 1.54) is 0 Å². The van der Waals surface area contributed by atoms with Gasteiger partial charge in [-0.15, -0.1) is 0 Å². The lowest BCUT2D eigenvalue weighted by molar-refractivity contribution is -0.137. The average molecular weight is 537 g/mol. The summed E-state index contributed by atoms with van der Waals surface area (Å²) in [5.74, 6) is -1.03. The summed E-state index contributed by atoms with van der Waals surface area (Å²) in [4.78, 5) is 53.0. The van der Waals surface area contributed by atoms with E-state index in [4.69, 9.17) is 4.74 Å². The number of benzene rings is 2. The molecule has 0 aliphatic carbocycles. The Kier molecular flexibility index (Phi) is 10.1. The molecule has 2 aromatic rings. The van der Waals surface area contributed by atoms with Crippen LogP contribution >= 0.6 is 0 Å². The summed E-state index contributed by atoms with van der Waals surface area (Å²) >= 11 is 0. The Hall–Kier alpha value is -3.88. The van der Waals surface area contributed by atoms with Crippen LogP contribution in [0.5, 0.6) is 0 Å². The third kappa shape index (κ3) is 9.42. The predicted molar refractivity (Wildman–Crippen MR) is 150 cm³/mol. The fraction of sp³-hybridized carbons (Fsp3) is 0.467. The van der Waals surface area contributed by atoms with Crippen molar-refractivity contribution in [1.82, 2.24) is 15.5 Å². The van der Waals surface area contributed by atoms with Gasteiger partial charge in [-0.1, -0.05) is 48.0 Å². The van der Waals surface area contributed by atoms with E-state index in [0.717, 1.165) is 11.1 Å². The summed E-state index contributed by atoms with van der Waals surface area (Å²) in [7, 11) is 0. The Balaban J connectivity index is 1.54. The van der Waals surface area contributed by atoms with Crippen LogP contribution in [0.4, 0.5) is 10.5 Å². The summed E-state index contributed by atoms with van der Waals surface area (Å²) in [6, 6.07) is 15.4. The van der Waals surface area contributed by atoms with Gasteiger partial charge in [0.15, 0.2) is 0 Å². The Labute approximate surface area is 230 Å². The van der Waals surface area contributed by atoms with Gasteiger partial charge in [0.1, 0.15) is 17.7 Å². The minimum absolute atomic E-state index is 0.207. The average Bonchev–Trinajstić information content (AvgIpc) is 2.88. The number of aryl methyl sites for hydroxylation is 1. The van der Waals surface area contributed by atoms with Crippen LogP contribution in [0.2, 0.25) is 0 Å². The van der Waals surface area contributed by atoms with E-state index in [9.17, 15) is 19.2 Å². The third-order valence-corrected chi connectivity index (χ3v) is 6.52. The zero-order valence-corrected chi connectivity index (χ0v) is 23.5. The van der Waals surface area contributed by atoms with Crippen molar-refractivity contribution in [3.05, 3.63) is 65.7 Å². The van der Waals surface area contributed by atoms with Crippen molar-refractivity contribution in [3.63, 3.8) is 0 Å². The maximum absolute atomic E-state index is 13.4. The number of likely N-dealkylation sites (tertiary alicyclic amines) is 1. The molecule has 1 aliphatic heterocycles. The van der Waals surface area contributed by atoms with Gasteiger partial charge < -0.3 is 25.6 Å². The van der Waals surface area contributed by atoms with Crippen molar-refractivity contribution >= 4 is 29.5 Å². The van der Waals surface area contributed by atoms with Gasteiger partial charge in [-0.05, 0) is 65.2 Å². The number of hydrogen-bond acceptors (Lipinski definition) is 5. The number of rotatable bonds is 8. The van der Waals surface area contributed by atoms with Crippen molar-refractivity contribution in [2.24, 2.45) is 5.92 Å². The van der Waals surface area contributed by atoms with Crippen LogP contribution in [-0.4, -0.2) is 59.5 Å². The van der Waals surface area contributed by atoms with Gasteiger partial charge in [-0.2, -0.15) is 0 Å². The SMILES string of the molecule is Cc1ccc(NC(=O)C(C)NC(=O)C2CCN(C(=O)C(Cc3ccccc3)NC(=O)OC(C)(C)C)CC2)cc1. The zero-order valence-electron chi connectivity index (χ0n) is 23.5. The molecule has 2 atom stereocenters. The van der Waals surface area contributed by atoms with Gasteiger partial charge in [0, 0.05) is 31.1 Å². The normalized spacial score (nSPS) is 15.6. The molecule has 0 radical (unpaired) electrons. The second-order valence-corrected chi connectivity index (χ2v) is 11.1. The molecular formula is C30H40N4O5. The number of hydrogen-bond donors (Lipinski definition) is 3. The van der Waals surface area contributed by atoms with Crippen LogP contribution < -0.4 is 16.0 Å². The summed E-state index contributed by atoms with van der Waals surface area (Å²) in [5.41, 5.74) is 1.98. The van der Waals surface area contributed by atoms with E-state index in [1.807, 2.05) is 61.5 Å². The molecule has 1 aliphatic rings. The highest BCUT2D eigenvalue weighted by Gasteiger charge is 2.33. The standard InChI is InChI=1S/C30H40N4O5/c1-20-11-13-24(14-12-20)32-26(35)21(2)31-27(36)23-15-17-34(18-16-23)28(37)25(19-22-9-7-6-8-10-22)33-29(38)39-30(3,4)5/h6-14,21,23,25H,15-19H2,1-5H3,(H,31,36)(H,32,35)(H,33,38). The first-order valence-corrected chi connectivity index (χ1v) is 13.4. The van der Waals surface area contributed by atoms with Gasteiger partial charge in [0.2, 0.25) is 17.7 Å². The number of nitrogens with zero attached hydrogens (tertiary/aromatic N) is 1. The maximum Gasteiger partial charge on any atom is 0.408 e. The lowest BCUT2D eigenvalue weighted by Crippen LogP contribution is -2.53. The van der Waals surface area contributed by atoms with E-state index in [-0.39, 0.29) is 23.6 Å². The monoisotopic (exact) mass is 536 g/mol. The zero-order chi connectivity index (χ0) is 28.6. The van der Waals surface area contributed by atoms with Crippen molar-refractivity contribution in [2.75, 3.05) is 18.4 Å². The molecule has 2 unspecified atom stereocenters. The molecule has 3 rings (SSSR count). The second-order valence-electron chi connectivity index (χ2n) is 11.1. The second kappa shape index (κ2) is 13.3. The Morgan fingerprint density at radius 3 is 2.15 bits per heavy atom. The highest BCUT2D eigenvalue weighted by Crippen LogP contribution is 2.20. The van der Waals surface area contributed by atoms with Crippen LogP contribution in [0.25, 0.3) is 0 Å². The van der Waals surface area contributed by atoms with Gasteiger partial charge in [0.25, 0.3) is 0 Å². The molecule has 2 aromatic carbocycles. The van der Waals surface area contributed by atoms with Gasteiger partial charge >= 0.3 is 6.09 Å². The lowest BCUT2D eigenvalue weighted by Gasteiger charge is -2.34. The summed E-state index contributed by atoms with van der Waals surface area (Å²) in [6.07, 6.45) is 0.610. The first-order chi connectivity index (χ1) is 18.4. The fourth-order valence-corrected chi connectivity index (χ4v) is 4.37. The predicted octanol–water partition coefficient (Wildman–Crippen LogP) is 3.81. The molecule has 0 bridgehead atoms. The Bertz CT molecular complexity index is 1140. The van der Waals surface area contributed by atoms with Crippen LogP contribution in [0.15, 0.2) is 54.6 Å². The van der Waals surface area contributed by atoms with Crippen LogP contribution in [-0.2, 0) is 25.5 Å². The molecule has 0 aromatic heterocycles. The molecule has 0 spiro atoms. The van der Waals surface area contributed by atoms with Crippen molar-refractivity contribution in [3.8, 4) is 0 Å². The Morgan fingerprint density at radius 1 is 0.949 bits per heavy atom. The largest absolute Gasteiger partial charge is 0.444 e. The molecule has 9 heteroatoms. The first-order valence-electron chi connectivity index (χ1n) is 13.4. The number of piperidine rings is 1. The molecule has 4 amide bonds. The molecule has 1 saturated heterocycles. The summed E-state index contributed by atoms with van der Waals surface area (Å²) in [5, 5.41) is 8.35. The smallest absolute Gasteiger partial charge is 0.408 e. The summed E-state index contributed by atoms with van der Waals surface area (Å²) in [6.45, 7) is 9.67. The van der Waals surface area contributed by atoms with Crippen molar-refractivity contribution in [1.29, 1.82) is 0 Å². The van der Waals surface area contributed by atoms with Crippen molar-refractivity contribution < 1.29 is 23.9 Å². The van der Waals surface area contributed by atoms with Crippen LogP contribution in [0.1, 0.15) is 51.7 Å². The van der Waals surface area contributed by atoms with Crippen LogP contribution in [0, 0.1) is 12.8 Å². The first kappa shape index (κ1) is 29.7. The molecule has 1 heterocycles. The number of carbonyl (C=O) groups is 4. The molecule has 39 heavy (non-hydrogen) atoms. The highest BCUT2D eigenvalue weighted by molar-refractivity contribution is 5.97. The highest BCUT2D eigenvalue weighted by atomic mass is 16.6. The van der Waals surface area contributed by atoms with Gasteiger partial charge in [0.05, 0.1) is 0 Å². The van der Waals surface area contributed by atoms with E-state index in [0.29, 0.717) is 38.0 Å². The fourth-order valence-electron chi connectivity index (χ4n) is 4.37. The number of anilines is 1. The van der Waals surface area contributed by atoms with Gasteiger partial charge in [-0.3, -0.25) is 14.4 Å². The third-order valence-electron chi connectivity index (χ3n) is 6.52.